The first-order valence-electron chi connectivity index (χ1n) is 5.43. The van der Waals surface area contributed by atoms with Gasteiger partial charge in [0.1, 0.15) is 15.5 Å². The smallest absolute Gasteiger partial charge is 0.150 e. The molecule has 1 heterocycles. The quantitative estimate of drug-likeness (QED) is 0.842. The standard InChI is InChI=1S/C13H13ClN2OS/c1-7-4-8(2)12(10(5-7)17-3)9-6-11(14)15-16-13(9)18/h4-6H,1-3H3,(H,16,18). The third kappa shape index (κ3) is 2.40. The summed E-state index contributed by atoms with van der Waals surface area (Å²) < 4.78 is 5.98. The molecule has 2 aromatic rings. The maximum Gasteiger partial charge on any atom is 0.150 e. The number of H-pyrrole nitrogens is 1. The Balaban J connectivity index is 2.78. The molecule has 5 heteroatoms. The predicted octanol–water partition coefficient (Wildman–Crippen LogP) is 4.09. The molecular formula is C13H13ClN2OS. The van der Waals surface area contributed by atoms with Gasteiger partial charge in [0.25, 0.3) is 0 Å². The van der Waals surface area contributed by atoms with E-state index in [1.807, 2.05) is 19.9 Å². The van der Waals surface area contributed by atoms with Crippen LogP contribution in [0.5, 0.6) is 5.75 Å². The highest BCUT2D eigenvalue weighted by Crippen LogP contribution is 2.35. The highest BCUT2D eigenvalue weighted by Gasteiger charge is 2.12. The lowest BCUT2D eigenvalue weighted by atomic mass is 9.99. The first-order valence-corrected chi connectivity index (χ1v) is 6.22. The molecule has 94 valence electrons. The molecule has 18 heavy (non-hydrogen) atoms. The maximum absolute atomic E-state index is 5.92. The number of nitrogens with zero attached hydrogens (tertiary/aromatic N) is 1. The number of aryl methyl sites for hydroxylation is 2. The monoisotopic (exact) mass is 280 g/mol. The molecule has 0 aliphatic heterocycles. The number of methoxy groups -OCH3 is 1. The van der Waals surface area contributed by atoms with Crippen LogP contribution in [0.25, 0.3) is 11.1 Å². The predicted molar refractivity (Wildman–Crippen MR) is 75.9 cm³/mol. The van der Waals surface area contributed by atoms with Crippen LogP contribution in [-0.2, 0) is 0 Å². The second-order valence-electron chi connectivity index (χ2n) is 4.09. The fourth-order valence-corrected chi connectivity index (χ4v) is 2.36. The van der Waals surface area contributed by atoms with Crippen molar-refractivity contribution in [2.45, 2.75) is 13.8 Å². The summed E-state index contributed by atoms with van der Waals surface area (Å²) in [7, 11) is 1.65. The number of rotatable bonds is 2. The molecule has 0 saturated carbocycles. The van der Waals surface area contributed by atoms with E-state index in [0.717, 1.165) is 28.0 Å². The highest BCUT2D eigenvalue weighted by atomic mass is 35.5. The van der Waals surface area contributed by atoms with E-state index in [9.17, 15) is 0 Å². The van der Waals surface area contributed by atoms with E-state index in [-0.39, 0.29) is 0 Å². The molecule has 1 aromatic carbocycles. The topological polar surface area (TPSA) is 37.9 Å². The molecular weight excluding hydrogens is 268 g/mol. The Labute approximate surface area is 116 Å². The molecule has 0 aliphatic rings. The Kier molecular flexibility index (Phi) is 3.68. The summed E-state index contributed by atoms with van der Waals surface area (Å²) in [5, 5.41) is 6.98. The molecule has 0 aliphatic carbocycles. The molecule has 2 rings (SSSR count). The Hall–Kier alpha value is -1.39. The van der Waals surface area contributed by atoms with Gasteiger partial charge in [0.2, 0.25) is 0 Å². The fraction of sp³-hybridized carbons (Fsp3) is 0.231. The van der Waals surface area contributed by atoms with Gasteiger partial charge < -0.3 is 4.74 Å². The van der Waals surface area contributed by atoms with Gasteiger partial charge >= 0.3 is 0 Å². The van der Waals surface area contributed by atoms with Crippen molar-refractivity contribution >= 4 is 23.8 Å². The normalized spacial score (nSPS) is 10.4. The van der Waals surface area contributed by atoms with Crippen LogP contribution in [0.2, 0.25) is 5.15 Å². The van der Waals surface area contributed by atoms with Gasteiger partial charge in [-0.3, -0.25) is 5.10 Å². The number of aromatic amines is 1. The fourth-order valence-electron chi connectivity index (χ4n) is 2.00. The van der Waals surface area contributed by atoms with E-state index in [1.165, 1.54) is 0 Å². The third-order valence-electron chi connectivity index (χ3n) is 2.71. The van der Waals surface area contributed by atoms with Crippen LogP contribution in [-0.4, -0.2) is 17.3 Å². The number of nitrogens with one attached hydrogen (secondary N) is 1. The van der Waals surface area contributed by atoms with Gasteiger partial charge in [-0.25, -0.2) is 0 Å². The van der Waals surface area contributed by atoms with E-state index in [4.69, 9.17) is 28.6 Å². The Morgan fingerprint density at radius 1 is 1.28 bits per heavy atom. The molecule has 0 unspecified atom stereocenters. The van der Waals surface area contributed by atoms with Crippen LogP contribution in [0.4, 0.5) is 0 Å². The number of ether oxygens (including phenoxy) is 1. The van der Waals surface area contributed by atoms with Crippen LogP contribution in [0, 0.1) is 18.5 Å². The average molecular weight is 281 g/mol. The average Bonchev–Trinajstić information content (AvgIpc) is 2.32. The zero-order valence-corrected chi connectivity index (χ0v) is 11.9. The number of halogens is 1. The van der Waals surface area contributed by atoms with Crippen LogP contribution in [0.1, 0.15) is 11.1 Å². The van der Waals surface area contributed by atoms with Crippen molar-refractivity contribution in [3.05, 3.63) is 39.1 Å². The minimum absolute atomic E-state index is 0.376. The first kappa shape index (κ1) is 13.1. The number of aromatic nitrogens is 2. The van der Waals surface area contributed by atoms with E-state index in [1.54, 1.807) is 13.2 Å². The van der Waals surface area contributed by atoms with Gasteiger partial charge in [0, 0.05) is 11.1 Å². The number of hydrogen-bond donors (Lipinski definition) is 1. The molecule has 0 bridgehead atoms. The summed E-state index contributed by atoms with van der Waals surface area (Å²) in [6.45, 7) is 4.05. The van der Waals surface area contributed by atoms with Gasteiger partial charge in [0.15, 0.2) is 0 Å². The molecule has 1 N–H and O–H groups in total. The molecule has 0 atom stereocenters. The lowest BCUT2D eigenvalue weighted by Gasteiger charge is -2.13. The Morgan fingerprint density at radius 2 is 2.00 bits per heavy atom. The van der Waals surface area contributed by atoms with Crippen molar-refractivity contribution < 1.29 is 4.74 Å². The Bertz CT molecular complexity index is 652. The van der Waals surface area contributed by atoms with Gasteiger partial charge in [-0.05, 0) is 37.1 Å². The summed E-state index contributed by atoms with van der Waals surface area (Å²) in [6.07, 6.45) is 0. The molecule has 3 nitrogen and oxygen atoms in total. The van der Waals surface area contributed by atoms with Crippen molar-refractivity contribution in [1.29, 1.82) is 0 Å². The summed E-state index contributed by atoms with van der Waals surface area (Å²) in [5.41, 5.74) is 4.02. The van der Waals surface area contributed by atoms with E-state index in [2.05, 4.69) is 16.3 Å². The largest absolute Gasteiger partial charge is 0.496 e. The molecule has 0 fully saturated rings. The number of hydrogen-bond acceptors (Lipinski definition) is 3. The van der Waals surface area contributed by atoms with Crippen molar-refractivity contribution in [2.75, 3.05) is 7.11 Å². The van der Waals surface area contributed by atoms with Crippen LogP contribution < -0.4 is 4.74 Å². The van der Waals surface area contributed by atoms with Crippen molar-refractivity contribution in [2.24, 2.45) is 0 Å². The van der Waals surface area contributed by atoms with Gasteiger partial charge in [-0.2, -0.15) is 5.10 Å². The second kappa shape index (κ2) is 5.08. The van der Waals surface area contributed by atoms with E-state index >= 15 is 0 Å². The lowest BCUT2D eigenvalue weighted by molar-refractivity contribution is 0.416. The lowest BCUT2D eigenvalue weighted by Crippen LogP contribution is -1.95. The second-order valence-corrected chi connectivity index (χ2v) is 4.89. The molecule has 1 aromatic heterocycles. The van der Waals surface area contributed by atoms with Gasteiger partial charge in [0.05, 0.1) is 7.11 Å². The molecule has 0 amide bonds. The van der Waals surface area contributed by atoms with Crippen LogP contribution in [0.15, 0.2) is 18.2 Å². The van der Waals surface area contributed by atoms with E-state index in [0.29, 0.717) is 9.79 Å². The van der Waals surface area contributed by atoms with E-state index < -0.39 is 0 Å². The molecule has 0 saturated heterocycles. The van der Waals surface area contributed by atoms with Crippen molar-refractivity contribution in [3.63, 3.8) is 0 Å². The van der Waals surface area contributed by atoms with Crippen molar-refractivity contribution in [1.82, 2.24) is 10.2 Å². The van der Waals surface area contributed by atoms with Gasteiger partial charge in [-0.1, -0.05) is 29.9 Å². The summed E-state index contributed by atoms with van der Waals surface area (Å²) in [5.74, 6) is 0.786. The maximum atomic E-state index is 5.92. The zero-order valence-electron chi connectivity index (χ0n) is 10.4. The van der Waals surface area contributed by atoms with Crippen molar-refractivity contribution in [3.8, 4) is 16.9 Å². The highest BCUT2D eigenvalue weighted by molar-refractivity contribution is 7.71. The van der Waals surface area contributed by atoms with Crippen LogP contribution in [0.3, 0.4) is 0 Å². The summed E-state index contributed by atoms with van der Waals surface area (Å²) in [4.78, 5) is 0. The SMILES string of the molecule is COc1cc(C)cc(C)c1-c1cc(Cl)n[nH]c1=S. The molecule has 0 spiro atoms. The molecule has 0 radical (unpaired) electrons. The Morgan fingerprint density at radius 3 is 2.67 bits per heavy atom. The minimum atomic E-state index is 0.376. The first-order chi connectivity index (χ1) is 8.52. The number of benzene rings is 1. The van der Waals surface area contributed by atoms with Gasteiger partial charge in [-0.15, -0.1) is 0 Å². The van der Waals surface area contributed by atoms with Crippen LogP contribution >= 0.6 is 23.8 Å². The minimum Gasteiger partial charge on any atom is -0.496 e. The summed E-state index contributed by atoms with van der Waals surface area (Å²) >= 11 is 11.2. The summed E-state index contributed by atoms with van der Waals surface area (Å²) in [6, 6.07) is 5.81. The third-order valence-corrected chi connectivity index (χ3v) is 3.21. The zero-order chi connectivity index (χ0) is 13.3.